The van der Waals surface area contributed by atoms with Gasteiger partial charge >= 0.3 is 0 Å². The highest BCUT2D eigenvalue weighted by atomic mass is 32.1. The number of thiophene rings is 1. The first-order valence-electron chi connectivity index (χ1n) is 17.3. The van der Waals surface area contributed by atoms with E-state index in [0.29, 0.717) is 0 Å². The maximum absolute atomic E-state index is 6.74. The van der Waals surface area contributed by atoms with Gasteiger partial charge in [-0.05, 0) is 105 Å². The third-order valence-electron chi connectivity index (χ3n) is 10.4. The van der Waals surface area contributed by atoms with Crippen molar-refractivity contribution >= 4 is 103 Å². The van der Waals surface area contributed by atoms with Crippen LogP contribution in [0.2, 0.25) is 0 Å². The average molecular weight is 668 g/mol. The van der Waals surface area contributed by atoms with Crippen molar-refractivity contribution in [1.29, 1.82) is 0 Å². The standard InChI is InChI=1S/C48H29NOS/c1-2-10-33-26-36(17-16-30(33)8-1)31-18-20-37(21-19-31)49(43-15-7-13-32-9-5-6-14-39(32)43)38-22-24-45-42(29-38)47-46(51-45)25-23-40-41-27-34-11-3-4-12-35(34)28-44(41)50-48(40)47/h1-29H. The second kappa shape index (κ2) is 11.0. The number of anilines is 3. The van der Waals surface area contributed by atoms with E-state index in [1.165, 1.54) is 63.6 Å². The van der Waals surface area contributed by atoms with Gasteiger partial charge in [0.2, 0.25) is 0 Å². The van der Waals surface area contributed by atoms with E-state index in [-0.39, 0.29) is 0 Å². The molecule has 3 heteroatoms. The molecule has 11 rings (SSSR count). The smallest absolute Gasteiger partial charge is 0.144 e. The Bertz CT molecular complexity index is 3140. The molecule has 11 aromatic rings. The Balaban J connectivity index is 1.12. The molecule has 0 fully saturated rings. The van der Waals surface area contributed by atoms with Crippen molar-refractivity contribution < 1.29 is 4.42 Å². The van der Waals surface area contributed by atoms with Gasteiger partial charge in [-0.15, -0.1) is 11.3 Å². The Kier molecular flexibility index (Phi) is 6.16. The predicted octanol–water partition coefficient (Wildman–Crippen LogP) is 14.6. The van der Waals surface area contributed by atoms with Gasteiger partial charge in [-0.3, -0.25) is 0 Å². The molecule has 2 aromatic heterocycles. The zero-order valence-electron chi connectivity index (χ0n) is 27.5. The van der Waals surface area contributed by atoms with Gasteiger partial charge in [0.15, 0.2) is 0 Å². The number of fused-ring (bicyclic) bond motifs is 10. The van der Waals surface area contributed by atoms with Gasteiger partial charge in [0.05, 0.1) is 5.69 Å². The van der Waals surface area contributed by atoms with Crippen molar-refractivity contribution in [3.8, 4) is 11.1 Å². The first kappa shape index (κ1) is 28.4. The Morgan fingerprint density at radius 3 is 1.90 bits per heavy atom. The van der Waals surface area contributed by atoms with Crippen molar-refractivity contribution in [2.75, 3.05) is 4.90 Å². The first-order valence-corrected chi connectivity index (χ1v) is 18.1. The fourth-order valence-corrected chi connectivity index (χ4v) is 8.99. The molecule has 9 aromatic carbocycles. The van der Waals surface area contributed by atoms with E-state index in [4.69, 9.17) is 4.42 Å². The molecule has 0 saturated carbocycles. The van der Waals surface area contributed by atoms with Gasteiger partial charge in [0, 0.05) is 47.7 Å². The molecular formula is C48H29NOS. The quantitative estimate of drug-likeness (QED) is 0.186. The van der Waals surface area contributed by atoms with Crippen molar-refractivity contribution in [3.05, 3.63) is 176 Å². The summed E-state index contributed by atoms with van der Waals surface area (Å²) in [5, 5.41) is 12.0. The van der Waals surface area contributed by atoms with E-state index in [1.54, 1.807) is 0 Å². The topological polar surface area (TPSA) is 16.4 Å². The zero-order valence-corrected chi connectivity index (χ0v) is 28.3. The molecule has 0 aliphatic rings. The third-order valence-corrected chi connectivity index (χ3v) is 11.5. The molecule has 0 unspecified atom stereocenters. The molecular weight excluding hydrogens is 639 g/mol. The number of hydrogen-bond acceptors (Lipinski definition) is 3. The van der Waals surface area contributed by atoms with Gasteiger partial charge in [-0.2, -0.15) is 0 Å². The lowest BCUT2D eigenvalue weighted by molar-refractivity contribution is 0.673. The average Bonchev–Trinajstić information content (AvgIpc) is 3.74. The predicted molar refractivity (Wildman–Crippen MR) is 219 cm³/mol. The maximum Gasteiger partial charge on any atom is 0.144 e. The van der Waals surface area contributed by atoms with E-state index >= 15 is 0 Å². The summed E-state index contributed by atoms with van der Waals surface area (Å²) < 4.78 is 9.22. The lowest BCUT2D eigenvalue weighted by atomic mass is 10.0. The molecule has 0 aliphatic carbocycles. The van der Waals surface area contributed by atoms with E-state index in [2.05, 4.69) is 181 Å². The van der Waals surface area contributed by atoms with Crippen LogP contribution in [0.3, 0.4) is 0 Å². The van der Waals surface area contributed by atoms with E-state index in [9.17, 15) is 0 Å². The summed E-state index contributed by atoms with van der Waals surface area (Å²) in [4.78, 5) is 2.40. The van der Waals surface area contributed by atoms with Crippen LogP contribution in [0.1, 0.15) is 0 Å². The van der Waals surface area contributed by atoms with Crippen LogP contribution in [0, 0.1) is 0 Å². The summed E-state index contributed by atoms with van der Waals surface area (Å²) in [5.74, 6) is 0. The molecule has 0 aliphatic heterocycles. The summed E-state index contributed by atoms with van der Waals surface area (Å²) in [6.07, 6.45) is 0. The number of furan rings is 1. The summed E-state index contributed by atoms with van der Waals surface area (Å²) >= 11 is 1.83. The normalized spacial score (nSPS) is 11.9. The molecule has 0 amide bonds. The minimum Gasteiger partial charge on any atom is -0.455 e. The molecule has 0 spiro atoms. The molecule has 0 atom stereocenters. The second-order valence-electron chi connectivity index (χ2n) is 13.3. The zero-order chi connectivity index (χ0) is 33.5. The summed E-state index contributed by atoms with van der Waals surface area (Å²) in [6, 6.07) is 63.9. The molecule has 0 N–H and O–H groups in total. The molecule has 0 radical (unpaired) electrons. The first-order chi connectivity index (χ1) is 25.2. The maximum atomic E-state index is 6.74. The fourth-order valence-electron chi connectivity index (χ4n) is 7.91. The minimum absolute atomic E-state index is 0.926. The fraction of sp³-hybridized carbons (Fsp3) is 0. The van der Waals surface area contributed by atoms with Gasteiger partial charge in [-0.25, -0.2) is 0 Å². The van der Waals surface area contributed by atoms with Crippen LogP contribution < -0.4 is 4.90 Å². The van der Waals surface area contributed by atoms with Crippen molar-refractivity contribution in [2.45, 2.75) is 0 Å². The largest absolute Gasteiger partial charge is 0.455 e. The lowest BCUT2D eigenvalue weighted by Gasteiger charge is -2.27. The number of rotatable bonds is 4. The number of nitrogens with zero attached hydrogens (tertiary/aromatic N) is 1. The van der Waals surface area contributed by atoms with Crippen LogP contribution in [0.4, 0.5) is 17.1 Å². The van der Waals surface area contributed by atoms with Crippen LogP contribution in [0.5, 0.6) is 0 Å². The lowest BCUT2D eigenvalue weighted by Crippen LogP contribution is -2.10. The van der Waals surface area contributed by atoms with Gasteiger partial charge in [-0.1, -0.05) is 109 Å². The van der Waals surface area contributed by atoms with Crippen LogP contribution in [0.25, 0.3) is 85.6 Å². The summed E-state index contributed by atoms with van der Waals surface area (Å²) in [7, 11) is 0. The van der Waals surface area contributed by atoms with Crippen LogP contribution in [-0.2, 0) is 0 Å². The monoisotopic (exact) mass is 667 g/mol. The highest BCUT2D eigenvalue weighted by molar-refractivity contribution is 7.26. The van der Waals surface area contributed by atoms with E-state index in [0.717, 1.165) is 39.0 Å². The summed E-state index contributed by atoms with van der Waals surface area (Å²) in [5.41, 5.74) is 7.65. The molecule has 51 heavy (non-hydrogen) atoms. The molecule has 2 heterocycles. The highest BCUT2D eigenvalue weighted by Gasteiger charge is 2.20. The Hall–Kier alpha value is -6.42. The third kappa shape index (κ3) is 4.49. The summed E-state index contributed by atoms with van der Waals surface area (Å²) in [6.45, 7) is 0. The molecule has 0 saturated heterocycles. The Morgan fingerprint density at radius 2 is 1.06 bits per heavy atom. The SMILES string of the molecule is c1ccc2cc(-c3ccc(N(c4ccc5sc6ccc7c8cc9ccccc9cc8oc7c6c5c4)c4cccc5ccccc45)cc3)ccc2c1. The van der Waals surface area contributed by atoms with Crippen LogP contribution in [0.15, 0.2) is 180 Å². The molecule has 238 valence electrons. The van der Waals surface area contributed by atoms with Gasteiger partial charge < -0.3 is 9.32 Å². The van der Waals surface area contributed by atoms with Gasteiger partial charge in [0.1, 0.15) is 11.2 Å². The number of benzene rings is 9. The Morgan fingerprint density at radius 1 is 0.392 bits per heavy atom. The van der Waals surface area contributed by atoms with Crippen molar-refractivity contribution in [3.63, 3.8) is 0 Å². The molecule has 2 nitrogen and oxygen atoms in total. The van der Waals surface area contributed by atoms with Crippen LogP contribution in [-0.4, -0.2) is 0 Å². The van der Waals surface area contributed by atoms with Crippen LogP contribution >= 0.6 is 11.3 Å². The highest BCUT2D eigenvalue weighted by Crippen LogP contribution is 2.46. The molecule has 0 bridgehead atoms. The Labute approximate surface area is 298 Å². The van der Waals surface area contributed by atoms with Crippen molar-refractivity contribution in [2.24, 2.45) is 0 Å². The second-order valence-corrected chi connectivity index (χ2v) is 14.4. The van der Waals surface area contributed by atoms with E-state index < -0.39 is 0 Å². The van der Waals surface area contributed by atoms with E-state index in [1.807, 2.05) is 11.3 Å². The number of hydrogen-bond donors (Lipinski definition) is 0. The minimum atomic E-state index is 0.926. The van der Waals surface area contributed by atoms with Crippen molar-refractivity contribution in [1.82, 2.24) is 0 Å². The van der Waals surface area contributed by atoms with Gasteiger partial charge in [0.25, 0.3) is 0 Å².